The minimum Gasteiger partial charge on any atom is -0.496 e. The number of benzene rings is 1. The molecular weight excluding hydrogens is 254 g/mol. The molecule has 18 heavy (non-hydrogen) atoms. The van der Waals surface area contributed by atoms with E-state index in [1.54, 1.807) is 19.1 Å². The normalized spacial score (nSPS) is 9.67. The zero-order valence-corrected chi connectivity index (χ0v) is 11.1. The number of carbonyl (C=O) groups excluding carboxylic acids is 1. The lowest BCUT2D eigenvalue weighted by atomic mass is 10.0. The van der Waals surface area contributed by atoms with E-state index in [9.17, 15) is 4.79 Å². The average molecular weight is 268 g/mol. The largest absolute Gasteiger partial charge is 0.496 e. The first-order chi connectivity index (χ1) is 8.65. The third kappa shape index (κ3) is 3.38. The van der Waals surface area contributed by atoms with Gasteiger partial charge in [-0.15, -0.1) is 11.6 Å². The molecule has 0 aliphatic rings. The Labute approximate surface area is 111 Å². The molecule has 0 spiro atoms. The summed E-state index contributed by atoms with van der Waals surface area (Å²) in [7, 11) is 1.52. The molecule has 1 rings (SSSR count). The van der Waals surface area contributed by atoms with Gasteiger partial charge in [-0.05, 0) is 24.6 Å². The van der Waals surface area contributed by atoms with Gasteiger partial charge in [-0.3, -0.25) is 4.79 Å². The molecule has 0 bridgehead atoms. The third-order valence-corrected chi connectivity index (χ3v) is 2.70. The Morgan fingerprint density at radius 2 is 2.17 bits per heavy atom. The second kappa shape index (κ2) is 6.87. The monoisotopic (exact) mass is 267 g/mol. The van der Waals surface area contributed by atoms with Crippen molar-refractivity contribution >= 4 is 17.6 Å². The van der Waals surface area contributed by atoms with Crippen LogP contribution in [0.15, 0.2) is 12.1 Å². The van der Waals surface area contributed by atoms with E-state index < -0.39 is 0 Å². The number of halogens is 1. The number of alkyl halides is 1. The fourth-order valence-corrected chi connectivity index (χ4v) is 1.79. The first-order valence-electron chi connectivity index (χ1n) is 5.47. The molecule has 0 radical (unpaired) electrons. The van der Waals surface area contributed by atoms with Crippen LogP contribution in [0.3, 0.4) is 0 Å². The number of hydrogen-bond donors (Lipinski definition) is 0. The molecule has 0 N–H and O–H groups in total. The van der Waals surface area contributed by atoms with Crippen LogP contribution in [0.5, 0.6) is 5.75 Å². The first-order valence-corrected chi connectivity index (χ1v) is 6.01. The second-order valence-electron chi connectivity index (χ2n) is 3.55. The van der Waals surface area contributed by atoms with Crippen molar-refractivity contribution in [3.8, 4) is 11.8 Å². The van der Waals surface area contributed by atoms with Gasteiger partial charge in [0.05, 0.1) is 37.7 Å². The molecule has 0 saturated heterocycles. The molecule has 0 aromatic heterocycles. The highest BCUT2D eigenvalue weighted by atomic mass is 35.5. The van der Waals surface area contributed by atoms with Crippen molar-refractivity contribution in [3.63, 3.8) is 0 Å². The van der Waals surface area contributed by atoms with E-state index in [2.05, 4.69) is 0 Å². The van der Waals surface area contributed by atoms with Gasteiger partial charge in [0.25, 0.3) is 0 Å². The predicted molar refractivity (Wildman–Crippen MR) is 67.6 cm³/mol. The number of methoxy groups -OCH3 is 1. The summed E-state index contributed by atoms with van der Waals surface area (Å²) in [6.07, 6.45) is 0.0512. The lowest BCUT2D eigenvalue weighted by molar-refractivity contribution is -0.142. The fraction of sp³-hybridized carbons (Fsp3) is 0.385. The molecule has 0 aliphatic carbocycles. The van der Waals surface area contributed by atoms with Crippen molar-refractivity contribution < 1.29 is 14.3 Å². The summed E-state index contributed by atoms with van der Waals surface area (Å²) < 4.78 is 10.0. The zero-order chi connectivity index (χ0) is 13.5. The van der Waals surface area contributed by atoms with Crippen LogP contribution in [0.25, 0.3) is 0 Å². The van der Waals surface area contributed by atoms with E-state index in [0.717, 1.165) is 5.56 Å². The topological polar surface area (TPSA) is 59.3 Å². The molecule has 0 saturated carbocycles. The summed E-state index contributed by atoms with van der Waals surface area (Å²) in [5.41, 5.74) is 1.73. The number of ether oxygens (including phenoxy) is 2. The van der Waals surface area contributed by atoms with Gasteiger partial charge < -0.3 is 9.47 Å². The van der Waals surface area contributed by atoms with Gasteiger partial charge >= 0.3 is 5.97 Å². The van der Waals surface area contributed by atoms with Crippen LogP contribution in [0.1, 0.15) is 23.6 Å². The number of esters is 1. The van der Waals surface area contributed by atoms with Gasteiger partial charge in [-0.25, -0.2) is 0 Å². The number of rotatable bonds is 5. The van der Waals surface area contributed by atoms with Crippen LogP contribution in [0.2, 0.25) is 0 Å². The number of hydrogen-bond acceptors (Lipinski definition) is 4. The Morgan fingerprint density at radius 3 is 2.67 bits per heavy atom. The lowest BCUT2D eigenvalue weighted by Crippen LogP contribution is -2.09. The Morgan fingerprint density at radius 1 is 1.44 bits per heavy atom. The van der Waals surface area contributed by atoms with E-state index in [1.807, 2.05) is 6.07 Å². The molecule has 0 unspecified atom stereocenters. The Hall–Kier alpha value is -1.73. The van der Waals surface area contributed by atoms with E-state index in [0.29, 0.717) is 23.5 Å². The molecule has 0 atom stereocenters. The predicted octanol–water partition coefficient (Wildman–Crippen LogP) is 2.41. The molecular formula is C13H14ClNO3. The Bertz CT molecular complexity index is 480. The van der Waals surface area contributed by atoms with Crippen molar-refractivity contribution in [2.24, 2.45) is 0 Å². The summed E-state index contributed by atoms with van der Waals surface area (Å²) in [4.78, 5) is 11.4. The smallest absolute Gasteiger partial charge is 0.310 e. The molecule has 4 nitrogen and oxygen atoms in total. The van der Waals surface area contributed by atoms with Crippen LogP contribution in [0, 0.1) is 11.3 Å². The number of nitrogens with zero attached hydrogens (tertiary/aromatic N) is 1. The van der Waals surface area contributed by atoms with Crippen LogP contribution >= 0.6 is 11.6 Å². The summed E-state index contributed by atoms with van der Waals surface area (Å²) in [5, 5.41) is 9.06. The Kier molecular flexibility index (Phi) is 5.47. The SMILES string of the molecule is CCOC(=O)Cc1cc(OC)c(CCl)cc1C#N. The third-order valence-electron chi connectivity index (χ3n) is 2.41. The van der Waals surface area contributed by atoms with Gasteiger partial charge in [-0.2, -0.15) is 5.26 Å². The molecule has 0 fully saturated rings. The van der Waals surface area contributed by atoms with Gasteiger partial charge in [0.2, 0.25) is 0 Å². The molecule has 0 heterocycles. The van der Waals surface area contributed by atoms with Gasteiger partial charge in [0, 0.05) is 5.56 Å². The molecule has 0 aliphatic heterocycles. The van der Waals surface area contributed by atoms with Gasteiger partial charge in [-0.1, -0.05) is 0 Å². The van der Waals surface area contributed by atoms with E-state index in [1.165, 1.54) is 7.11 Å². The van der Waals surface area contributed by atoms with E-state index in [-0.39, 0.29) is 18.3 Å². The van der Waals surface area contributed by atoms with Crippen LogP contribution in [0.4, 0.5) is 0 Å². The second-order valence-corrected chi connectivity index (χ2v) is 3.82. The van der Waals surface area contributed by atoms with Crippen LogP contribution in [-0.2, 0) is 21.8 Å². The maximum absolute atomic E-state index is 11.4. The summed E-state index contributed by atoms with van der Waals surface area (Å²) >= 11 is 5.77. The van der Waals surface area contributed by atoms with Crippen LogP contribution < -0.4 is 4.74 Å². The number of carbonyl (C=O) groups is 1. The summed E-state index contributed by atoms with van der Waals surface area (Å²) in [5.74, 6) is 0.454. The summed E-state index contributed by atoms with van der Waals surface area (Å²) in [6, 6.07) is 5.35. The van der Waals surface area contributed by atoms with E-state index >= 15 is 0 Å². The van der Waals surface area contributed by atoms with Gasteiger partial charge in [0.1, 0.15) is 5.75 Å². The molecule has 96 valence electrons. The van der Waals surface area contributed by atoms with E-state index in [4.69, 9.17) is 26.3 Å². The standard InChI is InChI=1S/C13H14ClNO3/c1-3-18-13(16)6-9-5-12(17-2)10(7-14)4-11(9)8-15/h4-5H,3,6-7H2,1-2H3. The fourth-order valence-electron chi connectivity index (χ4n) is 1.58. The van der Waals surface area contributed by atoms with Crippen molar-refractivity contribution in [2.75, 3.05) is 13.7 Å². The Balaban J connectivity index is 3.10. The van der Waals surface area contributed by atoms with Crippen molar-refractivity contribution in [1.82, 2.24) is 0 Å². The maximum atomic E-state index is 11.4. The lowest BCUT2D eigenvalue weighted by Gasteiger charge is -2.10. The molecule has 1 aromatic carbocycles. The highest BCUT2D eigenvalue weighted by Gasteiger charge is 2.13. The minimum atomic E-state index is -0.366. The van der Waals surface area contributed by atoms with Crippen molar-refractivity contribution in [2.45, 2.75) is 19.2 Å². The average Bonchev–Trinajstić information content (AvgIpc) is 2.38. The molecule has 5 heteroatoms. The molecule has 0 amide bonds. The quantitative estimate of drug-likeness (QED) is 0.607. The summed E-state index contributed by atoms with van der Waals surface area (Å²) in [6.45, 7) is 2.05. The van der Waals surface area contributed by atoms with Crippen molar-refractivity contribution in [1.29, 1.82) is 5.26 Å². The van der Waals surface area contributed by atoms with Crippen molar-refractivity contribution in [3.05, 3.63) is 28.8 Å². The highest BCUT2D eigenvalue weighted by molar-refractivity contribution is 6.17. The minimum absolute atomic E-state index is 0.0512. The maximum Gasteiger partial charge on any atom is 0.310 e. The van der Waals surface area contributed by atoms with Gasteiger partial charge in [0.15, 0.2) is 0 Å². The zero-order valence-electron chi connectivity index (χ0n) is 10.3. The first kappa shape index (κ1) is 14.3. The van der Waals surface area contributed by atoms with Crippen LogP contribution in [-0.4, -0.2) is 19.7 Å². The molecule has 1 aromatic rings. The number of nitriles is 1. The highest BCUT2D eigenvalue weighted by Crippen LogP contribution is 2.25.